The molecule has 1 aliphatic heterocycles. The highest BCUT2D eigenvalue weighted by atomic mass is 16.5. The second-order valence-electron chi connectivity index (χ2n) is 3.64. The Balaban J connectivity index is 2.76. The molecule has 1 saturated heterocycles. The van der Waals surface area contributed by atoms with Crippen molar-refractivity contribution in [2.24, 2.45) is 5.92 Å². The molecule has 1 heterocycles. The summed E-state index contributed by atoms with van der Waals surface area (Å²) in [7, 11) is 0. The Morgan fingerprint density at radius 3 is 2.36 bits per heavy atom. The molecule has 1 aliphatic rings. The molecule has 0 aromatic heterocycles. The summed E-state index contributed by atoms with van der Waals surface area (Å²) in [4.78, 5) is 11.5. The molecule has 14 heavy (non-hydrogen) atoms. The molecular weight excluding hydrogens is 186 g/mol. The van der Waals surface area contributed by atoms with Crippen LogP contribution in [0, 0.1) is 17.2 Å². The van der Waals surface area contributed by atoms with Crippen LogP contribution in [0.25, 0.3) is 0 Å². The van der Waals surface area contributed by atoms with Crippen molar-refractivity contribution in [1.82, 2.24) is 0 Å². The molecule has 0 radical (unpaired) electrons. The van der Waals surface area contributed by atoms with Gasteiger partial charge in [0, 0.05) is 5.92 Å². The number of carbonyl (C=O) groups excluding carboxylic acids is 1. The van der Waals surface area contributed by atoms with Gasteiger partial charge in [-0.25, -0.2) is 0 Å². The van der Waals surface area contributed by atoms with Crippen LogP contribution >= 0.6 is 0 Å². The van der Waals surface area contributed by atoms with E-state index in [1.807, 2.05) is 0 Å². The Hall–Kier alpha value is -0.960. The van der Waals surface area contributed by atoms with E-state index in [1.165, 1.54) is 0 Å². The van der Waals surface area contributed by atoms with E-state index in [0.717, 1.165) is 0 Å². The van der Waals surface area contributed by atoms with Crippen LogP contribution in [0.5, 0.6) is 0 Å². The smallest absolute Gasteiger partial charge is 0.173 e. The third-order valence-corrected chi connectivity index (χ3v) is 2.24. The lowest BCUT2D eigenvalue weighted by Crippen LogP contribution is -2.38. The van der Waals surface area contributed by atoms with Crippen LogP contribution in [-0.2, 0) is 9.53 Å². The molecule has 78 valence electrons. The van der Waals surface area contributed by atoms with Crippen LogP contribution in [0.2, 0.25) is 0 Å². The number of rotatable bonds is 2. The van der Waals surface area contributed by atoms with Gasteiger partial charge < -0.3 is 14.9 Å². The van der Waals surface area contributed by atoms with Gasteiger partial charge in [0.05, 0.1) is 6.07 Å². The second-order valence-corrected chi connectivity index (χ2v) is 3.64. The number of nitrogens with zero attached hydrogens (tertiary/aromatic N) is 1. The summed E-state index contributed by atoms with van der Waals surface area (Å²) in [5, 5.41) is 27.3. The normalized spacial score (nSPS) is 37.1. The van der Waals surface area contributed by atoms with Crippen molar-refractivity contribution in [3.63, 3.8) is 0 Å². The van der Waals surface area contributed by atoms with Crippen LogP contribution in [0.4, 0.5) is 0 Å². The summed E-state index contributed by atoms with van der Waals surface area (Å²) in [5.74, 6) is -0.589. The van der Waals surface area contributed by atoms with Crippen molar-refractivity contribution in [3.05, 3.63) is 0 Å². The number of ether oxygens (including phenoxy) is 1. The van der Waals surface area contributed by atoms with Gasteiger partial charge in [-0.2, -0.15) is 5.26 Å². The number of hydrogen-bond acceptors (Lipinski definition) is 5. The molecule has 4 atom stereocenters. The van der Waals surface area contributed by atoms with E-state index in [1.54, 1.807) is 19.9 Å². The van der Waals surface area contributed by atoms with Crippen LogP contribution in [0.3, 0.4) is 0 Å². The van der Waals surface area contributed by atoms with Gasteiger partial charge >= 0.3 is 0 Å². The Morgan fingerprint density at radius 1 is 1.43 bits per heavy atom. The van der Waals surface area contributed by atoms with Crippen LogP contribution in [-0.4, -0.2) is 40.4 Å². The quantitative estimate of drug-likeness (QED) is 0.609. The molecule has 0 aromatic rings. The van der Waals surface area contributed by atoms with Crippen molar-refractivity contribution < 1.29 is 19.7 Å². The zero-order chi connectivity index (χ0) is 10.9. The van der Waals surface area contributed by atoms with Gasteiger partial charge in [0.15, 0.2) is 11.9 Å². The van der Waals surface area contributed by atoms with E-state index >= 15 is 0 Å². The number of carbonyl (C=O) groups is 1. The minimum atomic E-state index is -1.30. The topological polar surface area (TPSA) is 90.6 Å². The maximum Gasteiger partial charge on any atom is 0.173 e. The zero-order valence-corrected chi connectivity index (χ0v) is 8.04. The van der Waals surface area contributed by atoms with Crippen molar-refractivity contribution in [2.45, 2.75) is 38.3 Å². The van der Waals surface area contributed by atoms with E-state index < -0.39 is 24.4 Å². The lowest BCUT2D eigenvalue weighted by molar-refractivity contribution is -0.135. The first kappa shape index (κ1) is 11.1. The lowest BCUT2D eigenvalue weighted by Gasteiger charge is -2.14. The molecule has 0 unspecified atom stereocenters. The third-order valence-electron chi connectivity index (χ3n) is 2.24. The predicted octanol–water partition coefficient (Wildman–Crippen LogP) is -0.776. The number of aliphatic hydroxyl groups excluding tert-OH is 2. The molecule has 1 fully saturated rings. The van der Waals surface area contributed by atoms with E-state index in [2.05, 4.69) is 0 Å². The summed E-state index contributed by atoms with van der Waals surface area (Å²) < 4.78 is 4.95. The molecule has 0 aliphatic carbocycles. The van der Waals surface area contributed by atoms with Gasteiger partial charge in [-0.05, 0) is 0 Å². The second kappa shape index (κ2) is 4.05. The maximum absolute atomic E-state index is 11.5. The maximum atomic E-state index is 11.5. The van der Waals surface area contributed by atoms with Crippen LogP contribution in [0.1, 0.15) is 13.8 Å². The highest BCUT2D eigenvalue weighted by Crippen LogP contribution is 2.23. The first-order valence-corrected chi connectivity index (χ1v) is 4.44. The fraction of sp³-hybridized carbons (Fsp3) is 0.778. The molecular formula is C9H13NO4. The van der Waals surface area contributed by atoms with Crippen molar-refractivity contribution in [1.29, 1.82) is 5.26 Å². The number of hydrogen-bond donors (Lipinski definition) is 2. The highest BCUT2D eigenvalue weighted by molar-refractivity contribution is 5.85. The molecule has 5 heteroatoms. The van der Waals surface area contributed by atoms with Gasteiger partial charge in [-0.15, -0.1) is 0 Å². The SMILES string of the molecule is CC(C)C(=O)[C@H]1O[C@@H](C#N)[C@H](O)[C@@H]1O. The third kappa shape index (κ3) is 1.77. The molecule has 0 amide bonds. The fourth-order valence-electron chi connectivity index (χ4n) is 1.35. The van der Waals surface area contributed by atoms with E-state index in [0.29, 0.717) is 0 Å². The molecule has 5 nitrogen and oxygen atoms in total. The Bertz CT molecular complexity index is 270. The summed E-state index contributed by atoms with van der Waals surface area (Å²) in [6.07, 6.45) is -4.78. The van der Waals surface area contributed by atoms with E-state index in [4.69, 9.17) is 10.00 Å². The Morgan fingerprint density at radius 2 is 2.00 bits per heavy atom. The molecule has 0 bridgehead atoms. The van der Waals surface area contributed by atoms with E-state index in [9.17, 15) is 15.0 Å². The van der Waals surface area contributed by atoms with Gasteiger partial charge in [-0.3, -0.25) is 4.79 Å². The minimum Gasteiger partial charge on any atom is -0.387 e. The minimum absolute atomic E-state index is 0.292. The zero-order valence-electron chi connectivity index (χ0n) is 8.04. The van der Waals surface area contributed by atoms with Crippen molar-refractivity contribution in [2.75, 3.05) is 0 Å². The van der Waals surface area contributed by atoms with Crippen molar-refractivity contribution in [3.8, 4) is 6.07 Å². The number of aliphatic hydroxyl groups is 2. The first-order chi connectivity index (χ1) is 6.49. The van der Waals surface area contributed by atoms with Gasteiger partial charge in [0.25, 0.3) is 0 Å². The molecule has 0 spiro atoms. The summed E-state index contributed by atoms with van der Waals surface area (Å²) in [6, 6.07) is 1.68. The Labute approximate surface area is 81.9 Å². The standard InChI is InChI=1S/C9H13NO4/c1-4(2)6(11)9-8(13)7(12)5(3-10)14-9/h4-5,7-9,12-13H,1-2H3/t5-,7-,8-,9+/m0/s1. The molecule has 1 rings (SSSR count). The fourth-order valence-corrected chi connectivity index (χ4v) is 1.35. The van der Waals surface area contributed by atoms with Gasteiger partial charge in [0.2, 0.25) is 0 Å². The molecule has 0 aromatic carbocycles. The average molecular weight is 199 g/mol. The predicted molar refractivity (Wildman–Crippen MR) is 46.1 cm³/mol. The summed E-state index contributed by atoms with van der Waals surface area (Å²) in [6.45, 7) is 3.34. The largest absolute Gasteiger partial charge is 0.387 e. The van der Waals surface area contributed by atoms with Crippen LogP contribution in [0.15, 0.2) is 0 Å². The van der Waals surface area contributed by atoms with Gasteiger partial charge in [0.1, 0.15) is 18.3 Å². The summed E-state index contributed by atoms with van der Waals surface area (Å²) in [5.41, 5.74) is 0. The molecule has 0 saturated carbocycles. The highest BCUT2D eigenvalue weighted by Gasteiger charge is 2.46. The number of Topliss-reactive ketones (excluding diaryl/α,β-unsaturated/α-hetero) is 1. The Kier molecular flexibility index (Phi) is 3.21. The number of ketones is 1. The van der Waals surface area contributed by atoms with Gasteiger partial charge in [-0.1, -0.05) is 13.8 Å². The number of nitriles is 1. The monoisotopic (exact) mass is 199 g/mol. The van der Waals surface area contributed by atoms with Crippen LogP contribution < -0.4 is 0 Å². The van der Waals surface area contributed by atoms with E-state index in [-0.39, 0.29) is 11.7 Å². The summed E-state index contributed by atoms with van der Waals surface area (Å²) >= 11 is 0. The van der Waals surface area contributed by atoms with Crippen molar-refractivity contribution >= 4 is 5.78 Å². The first-order valence-electron chi connectivity index (χ1n) is 4.44. The molecule has 2 N–H and O–H groups in total. The lowest BCUT2D eigenvalue weighted by atomic mass is 9.98. The average Bonchev–Trinajstić information content (AvgIpc) is 2.43.